The number of aliphatic hydroxyl groups is 1. The summed E-state index contributed by atoms with van der Waals surface area (Å²) in [5, 5.41) is 11.9. The van der Waals surface area contributed by atoms with Crippen molar-refractivity contribution in [2.75, 3.05) is 5.75 Å². The monoisotopic (exact) mass is 468 g/mol. The van der Waals surface area contributed by atoms with Crippen LogP contribution in [-0.4, -0.2) is 26.4 Å². The highest BCUT2D eigenvalue weighted by Crippen LogP contribution is 2.39. The number of carbonyl (C=O) groups is 1. The number of aryl methyl sites for hydroxylation is 1. The molecular formula is C25H25FN2O4S. The Bertz CT molecular complexity index is 1380. The summed E-state index contributed by atoms with van der Waals surface area (Å²) >= 11 is 4.27. The van der Waals surface area contributed by atoms with Crippen LogP contribution in [0.15, 0.2) is 23.0 Å². The third-order valence-electron chi connectivity index (χ3n) is 6.98. The van der Waals surface area contributed by atoms with Crippen LogP contribution in [0.3, 0.4) is 0 Å². The lowest BCUT2D eigenvalue weighted by Crippen LogP contribution is -2.44. The number of esters is 1. The molecule has 0 unspecified atom stereocenters. The molecule has 1 N–H and O–H groups in total. The normalized spacial score (nSPS) is 18.8. The van der Waals surface area contributed by atoms with Gasteiger partial charge in [-0.05, 0) is 61.6 Å². The number of carbonyl (C=O) groups excluding carboxylic acids is 1. The average molecular weight is 469 g/mol. The van der Waals surface area contributed by atoms with Gasteiger partial charge in [-0.2, -0.15) is 12.6 Å². The Morgan fingerprint density at radius 3 is 2.79 bits per heavy atom. The first-order valence-electron chi connectivity index (χ1n) is 11.2. The second-order valence-electron chi connectivity index (χ2n) is 8.81. The Balaban J connectivity index is 1.71. The predicted octanol–water partition coefficient (Wildman–Crippen LogP) is 3.78. The largest absolute Gasteiger partial charge is 0.458 e. The van der Waals surface area contributed by atoms with Crippen molar-refractivity contribution in [3.63, 3.8) is 0 Å². The first-order chi connectivity index (χ1) is 15.8. The Morgan fingerprint density at radius 1 is 1.27 bits per heavy atom. The number of hydrogen-bond acceptors (Lipinski definition) is 6. The molecule has 0 aliphatic carbocycles. The maximum atomic E-state index is 14.8. The van der Waals surface area contributed by atoms with Gasteiger partial charge >= 0.3 is 5.97 Å². The van der Waals surface area contributed by atoms with E-state index < -0.39 is 11.6 Å². The van der Waals surface area contributed by atoms with E-state index in [9.17, 15) is 19.1 Å². The summed E-state index contributed by atoms with van der Waals surface area (Å²) in [6, 6.07) is 5.11. The van der Waals surface area contributed by atoms with E-state index in [2.05, 4.69) is 12.6 Å². The van der Waals surface area contributed by atoms with Crippen LogP contribution in [0.2, 0.25) is 0 Å². The Kier molecular flexibility index (Phi) is 5.33. The number of benzene rings is 1. The van der Waals surface area contributed by atoms with Crippen LogP contribution in [0.5, 0.6) is 0 Å². The highest BCUT2D eigenvalue weighted by molar-refractivity contribution is 7.80. The maximum absolute atomic E-state index is 14.8. The zero-order valence-electron chi connectivity index (χ0n) is 18.6. The lowest BCUT2D eigenvalue weighted by molar-refractivity contribution is -0.172. The number of hydrogen-bond donors (Lipinski definition) is 2. The van der Waals surface area contributed by atoms with Gasteiger partial charge in [-0.15, -0.1) is 0 Å². The number of halogens is 1. The van der Waals surface area contributed by atoms with Crippen molar-refractivity contribution in [3.05, 3.63) is 62.2 Å². The van der Waals surface area contributed by atoms with Crippen molar-refractivity contribution in [1.82, 2.24) is 9.55 Å². The topological polar surface area (TPSA) is 81.4 Å². The van der Waals surface area contributed by atoms with Crippen LogP contribution < -0.4 is 5.56 Å². The first kappa shape index (κ1) is 22.1. The molecule has 2 aliphatic rings. The van der Waals surface area contributed by atoms with E-state index >= 15 is 0 Å². The van der Waals surface area contributed by atoms with Crippen LogP contribution in [0, 0.1) is 12.7 Å². The van der Waals surface area contributed by atoms with E-state index in [4.69, 9.17) is 9.72 Å². The molecule has 0 bridgehead atoms. The minimum atomic E-state index is -1.87. The summed E-state index contributed by atoms with van der Waals surface area (Å²) in [6.45, 7) is 3.61. The lowest BCUT2D eigenvalue weighted by atomic mass is 9.86. The highest BCUT2D eigenvalue weighted by Gasteiger charge is 2.45. The van der Waals surface area contributed by atoms with Crippen molar-refractivity contribution < 1.29 is 19.0 Å². The van der Waals surface area contributed by atoms with Crippen molar-refractivity contribution in [2.24, 2.45) is 0 Å². The molecule has 6 nitrogen and oxygen atoms in total. The number of ether oxygens (including phenoxy) is 1. The van der Waals surface area contributed by atoms with Crippen molar-refractivity contribution in [1.29, 1.82) is 0 Å². The zero-order valence-corrected chi connectivity index (χ0v) is 19.5. The third-order valence-corrected chi connectivity index (χ3v) is 7.30. The van der Waals surface area contributed by atoms with Gasteiger partial charge in [0.15, 0.2) is 5.60 Å². The third kappa shape index (κ3) is 3.22. The minimum absolute atomic E-state index is 0.0832. The second-order valence-corrected chi connectivity index (χ2v) is 9.26. The molecule has 2 aliphatic heterocycles. The number of unbranched alkanes of at least 4 members (excludes halogenated alkanes) is 1. The smallest absolute Gasteiger partial charge is 0.343 e. The average Bonchev–Trinajstić information content (AvgIpc) is 3.16. The van der Waals surface area contributed by atoms with Gasteiger partial charge < -0.3 is 14.4 Å². The summed E-state index contributed by atoms with van der Waals surface area (Å²) in [5.41, 5.74) is 2.42. The number of pyridine rings is 2. The van der Waals surface area contributed by atoms with Crippen molar-refractivity contribution in [3.8, 4) is 11.4 Å². The summed E-state index contributed by atoms with van der Waals surface area (Å²) < 4.78 is 21.5. The van der Waals surface area contributed by atoms with E-state index in [0.29, 0.717) is 29.0 Å². The van der Waals surface area contributed by atoms with Crippen LogP contribution >= 0.6 is 12.6 Å². The van der Waals surface area contributed by atoms with Gasteiger partial charge in [-0.25, -0.2) is 14.2 Å². The van der Waals surface area contributed by atoms with Gasteiger partial charge in [0.05, 0.1) is 29.0 Å². The maximum Gasteiger partial charge on any atom is 0.343 e. The number of rotatable bonds is 5. The van der Waals surface area contributed by atoms with E-state index in [1.54, 1.807) is 24.5 Å². The molecule has 0 saturated heterocycles. The van der Waals surface area contributed by atoms with Crippen LogP contribution in [0.4, 0.5) is 4.39 Å². The van der Waals surface area contributed by atoms with Crippen LogP contribution in [-0.2, 0) is 34.7 Å². The Labute approximate surface area is 195 Å². The summed E-state index contributed by atoms with van der Waals surface area (Å²) in [6.07, 6.45) is 2.65. The number of aromatic nitrogens is 2. The van der Waals surface area contributed by atoms with E-state index in [1.165, 1.54) is 6.07 Å². The van der Waals surface area contributed by atoms with Crippen LogP contribution in [0.25, 0.3) is 22.3 Å². The van der Waals surface area contributed by atoms with Gasteiger partial charge in [0.1, 0.15) is 12.4 Å². The lowest BCUT2D eigenvalue weighted by Gasteiger charge is -2.31. The zero-order chi connectivity index (χ0) is 23.5. The molecule has 1 atom stereocenters. The Morgan fingerprint density at radius 2 is 2.06 bits per heavy atom. The molecule has 2 aromatic heterocycles. The summed E-state index contributed by atoms with van der Waals surface area (Å²) in [4.78, 5) is 30.4. The molecule has 5 rings (SSSR count). The molecule has 0 spiro atoms. The fraction of sp³-hybridized carbons (Fsp3) is 0.400. The molecule has 0 fully saturated rings. The molecule has 0 amide bonds. The van der Waals surface area contributed by atoms with Crippen molar-refractivity contribution in [2.45, 2.75) is 58.3 Å². The Hall–Kier alpha value is -2.71. The fourth-order valence-corrected chi connectivity index (χ4v) is 5.22. The highest BCUT2D eigenvalue weighted by atomic mass is 32.1. The molecule has 33 heavy (non-hydrogen) atoms. The molecule has 0 saturated carbocycles. The standard InChI is InChI=1S/C25H25FN2O4S/c1-3-25(31)18-9-21-22-14(11-28(21)23(29)17(18)12-32-24(25)30)8-16-15(6-4-5-7-33)13(2)19(26)10-20(16)27-22/h8-10,31,33H,3-7,11-12H2,1-2H3/t25-/m0/s1. The van der Waals surface area contributed by atoms with E-state index in [0.717, 1.165) is 41.5 Å². The van der Waals surface area contributed by atoms with E-state index in [-0.39, 0.29) is 35.5 Å². The first-order valence-corrected chi connectivity index (χ1v) is 11.8. The number of fused-ring (bicyclic) bond motifs is 5. The van der Waals surface area contributed by atoms with Crippen LogP contribution in [0.1, 0.15) is 54.0 Å². The predicted molar refractivity (Wildman–Crippen MR) is 126 cm³/mol. The van der Waals surface area contributed by atoms with Gasteiger partial charge in [0, 0.05) is 22.6 Å². The molecule has 3 aromatic rings. The molecular weight excluding hydrogens is 443 g/mol. The van der Waals surface area contributed by atoms with Gasteiger partial charge in [0.2, 0.25) is 0 Å². The molecule has 1 aromatic carbocycles. The minimum Gasteiger partial charge on any atom is -0.458 e. The van der Waals surface area contributed by atoms with Gasteiger partial charge in [-0.1, -0.05) is 6.92 Å². The fourth-order valence-electron chi connectivity index (χ4n) is 5.00. The summed E-state index contributed by atoms with van der Waals surface area (Å²) in [5.74, 6) is -0.284. The van der Waals surface area contributed by atoms with Crippen molar-refractivity contribution >= 4 is 29.5 Å². The second kappa shape index (κ2) is 7.95. The van der Waals surface area contributed by atoms with Gasteiger partial charge in [-0.3, -0.25) is 4.79 Å². The quantitative estimate of drug-likeness (QED) is 0.265. The van der Waals surface area contributed by atoms with E-state index in [1.807, 2.05) is 6.07 Å². The number of thiol groups is 1. The summed E-state index contributed by atoms with van der Waals surface area (Å²) in [7, 11) is 0. The molecule has 172 valence electrons. The molecule has 4 heterocycles. The van der Waals surface area contributed by atoms with Gasteiger partial charge in [0.25, 0.3) is 5.56 Å². The molecule has 0 radical (unpaired) electrons. The molecule has 8 heteroatoms. The number of nitrogens with zero attached hydrogens (tertiary/aromatic N) is 2. The number of cyclic esters (lactones) is 1. The SMILES string of the molecule is CC[C@@]1(O)C(=O)OCc2c1cc1n(c2=O)Cc2cc3c(CCCCS)c(C)c(F)cc3nc2-1.